The van der Waals surface area contributed by atoms with E-state index in [1.807, 2.05) is 57.2 Å². The number of carbonyl (C=O) groups excluding carboxylic acids is 1. The number of aromatic hydroxyl groups is 1. The Balaban J connectivity index is 1.93. The van der Waals surface area contributed by atoms with Crippen LogP contribution in [0.5, 0.6) is 5.75 Å². The van der Waals surface area contributed by atoms with Gasteiger partial charge in [-0.1, -0.05) is 39.0 Å². The molecule has 1 aromatic heterocycles. The second kappa shape index (κ2) is 9.89. The number of aromatic nitrogens is 3. The smallest absolute Gasteiger partial charge is 0.223 e. The average Bonchev–Trinajstić information content (AvgIpc) is 3.14. The van der Waals surface area contributed by atoms with Gasteiger partial charge in [-0.25, -0.2) is 0 Å². The Labute approximate surface area is 194 Å². The van der Waals surface area contributed by atoms with Gasteiger partial charge in [0.05, 0.1) is 12.2 Å². The molecular weight excluding hydrogens is 420 g/mol. The van der Waals surface area contributed by atoms with Crippen molar-refractivity contribution >= 4 is 16.9 Å². The molecule has 0 saturated heterocycles. The van der Waals surface area contributed by atoms with Crippen molar-refractivity contribution in [3.05, 3.63) is 47.5 Å². The number of amides is 1. The van der Waals surface area contributed by atoms with Crippen LogP contribution in [0.15, 0.2) is 36.4 Å². The van der Waals surface area contributed by atoms with Crippen LogP contribution in [-0.4, -0.2) is 66.4 Å². The number of phenols is 1. The van der Waals surface area contributed by atoms with E-state index >= 15 is 0 Å². The van der Waals surface area contributed by atoms with Crippen LogP contribution in [0.3, 0.4) is 0 Å². The fourth-order valence-corrected chi connectivity index (χ4v) is 3.84. The van der Waals surface area contributed by atoms with E-state index in [0.29, 0.717) is 12.1 Å². The van der Waals surface area contributed by atoms with Crippen LogP contribution in [0.1, 0.15) is 52.2 Å². The Bertz CT molecular complexity index is 1070. The summed E-state index contributed by atoms with van der Waals surface area (Å²) < 4.78 is 0. The number of phenolic OH excluding ortho intramolecular Hbond substituents is 1. The molecule has 0 aliphatic heterocycles. The summed E-state index contributed by atoms with van der Waals surface area (Å²) in [6.45, 7) is 9.61. The third kappa shape index (κ3) is 6.09. The highest BCUT2D eigenvalue weighted by Gasteiger charge is 2.24. The minimum Gasteiger partial charge on any atom is -0.505 e. The van der Waals surface area contributed by atoms with Crippen LogP contribution >= 0.6 is 0 Å². The Kier molecular flexibility index (Phi) is 7.39. The lowest BCUT2D eigenvalue weighted by atomic mass is 9.84. The molecule has 2 unspecified atom stereocenters. The zero-order chi connectivity index (χ0) is 24.3. The second-order valence-electron chi connectivity index (χ2n) is 9.74. The first-order chi connectivity index (χ1) is 15.5. The van der Waals surface area contributed by atoms with Crippen LogP contribution in [0.25, 0.3) is 16.7 Å². The highest BCUT2D eigenvalue weighted by molar-refractivity contribution is 5.77. The van der Waals surface area contributed by atoms with Crippen LogP contribution in [0.4, 0.5) is 0 Å². The largest absolute Gasteiger partial charge is 0.505 e. The maximum Gasteiger partial charge on any atom is 0.223 e. The Morgan fingerprint density at radius 1 is 1.03 bits per heavy atom. The Morgan fingerprint density at radius 3 is 2.06 bits per heavy atom. The van der Waals surface area contributed by atoms with Gasteiger partial charge in [0, 0.05) is 25.1 Å². The number of fused-ring (bicyclic) bond motifs is 1. The number of hydrogen-bond acceptors (Lipinski definition) is 6. The summed E-state index contributed by atoms with van der Waals surface area (Å²) in [7, 11) is 0. The summed E-state index contributed by atoms with van der Waals surface area (Å²) in [4.78, 5) is 15.8. The second-order valence-corrected chi connectivity index (χ2v) is 9.74. The molecule has 2 atom stereocenters. The lowest BCUT2D eigenvalue weighted by molar-refractivity contribution is -0.133. The van der Waals surface area contributed by atoms with Crippen molar-refractivity contribution in [2.24, 2.45) is 0 Å². The lowest BCUT2D eigenvalue weighted by Gasteiger charge is -2.26. The molecule has 3 N–H and O–H groups in total. The van der Waals surface area contributed by atoms with E-state index in [4.69, 9.17) is 0 Å². The van der Waals surface area contributed by atoms with E-state index in [2.05, 4.69) is 10.2 Å². The van der Waals surface area contributed by atoms with Gasteiger partial charge in [0.25, 0.3) is 0 Å². The lowest BCUT2D eigenvalue weighted by Crippen LogP contribution is -2.40. The number of aliphatic hydroxyl groups excluding tert-OH is 2. The summed E-state index contributed by atoms with van der Waals surface area (Å²) in [5.74, 6) is -0.0330. The number of hydrogen-bond donors (Lipinski definition) is 3. The Morgan fingerprint density at radius 2 is 1.58 bits per heavy atom. The third-order valence-electron chi connectivity index (χ3n) is 5.41. The first-order valence-electron chi connectivity index (χ1n) is 11.3. The Hall–Kier alpha value is -2.97. The van der Waals surface area contributed by atoms with E-state index in [9.17, 15) is 20.1 Å². The summed E-state index contributed by atoms with van der Waals surface area (Å²) >= 11 is 0. The number of rotatable bonds is 8. The van der Waals surface area contributed by atoms with Crippen molar-refractivity contribution in [1.29, 1.82) is 0 Å². The maximum atomic E-state index is 12.8. The summed E-state index contributed by atoms with van der Waals surface area (Å²) in [5, 5.41) is 39.5. The van der Waals surface area contributed by atoms with Crippen LogP contribution in [0, 0.1) is 0 Å². The summed E-state index contributed by atoms with van der Waals surface area (Å²) in [6.07, 6.45) is -0.714. The monoisotopic (exact) mass is 454 g/mol. The minimum atomic E-state index is -0.680. The predicted molar refractivity (Wildman–Crippen MR) is 127 cm³/mol. The van der Waals surface area contributed by atoms with Crippen molar-refractivity contribution in [2.45, 2.75) is 65.1 Å². The van der Waals surface area contributed by atoms with Gasteiger partial charge in [-0.2, -0.15) is 0 Å². The number of aliphatic hydroxyl groups is 2. The molecule has 1 heterocycles. The standard InChI is InChI=1S/C25H34N4O4/c1-16(30)14-28(15-17(2)31)23(32)11-10-18-12-19(25(3,4)5)24(33)22(13-18)29-26-20-8-6-7-9-21(20)27-29/h6-9,12-13,16-17,30-31,33H,10-11,14-15H2,1-5H3. The maximum absolute atomic E-state index is 12.8. The minimum absolute atomic E-state index is 0.114. The van der Waals surface area contributed by atoms with Gasteiger partial charge in [0.1, 0.15) is 22.5 Å². The van der Waals surface area contributed by atoms with Crippen LogP contribution in [-0.2, 0) is 16.6 Å². The van der Waals surface area contributed by atoms with E-state index in [-0.39, 0.29) is 36.6 Å². The molecule has 8 nitrogen and oxygen atoms in total. The van der Waals surface area contributed by atoms with Crippen molar-refractivity contribution in [3.63, 3.8) is 0 Å². The predicted octanol–water partition coefficient (Wildman–Crippen LogP) is 2.95. The van der Waals surface area contributed by atoms with Gasteiger partial charge < -0.3 is 20.2 Å². The van der Waals surface area contributed by atoms with Gasteiger partial charge >= 0.3 is 0 Å². The molecule has 0 saturated carbocycles. The molecule has 0 aliphatic rings. The molecule has 1 amide bonds. The van der Waals surface area contributed by atoms with E-state index in [0.717, 1.165) is 22.2 Å². The van der Waals surface area contributed by atoms with Gasteiger partial charge in [-0.05, 0) is 49.4 Å². The molecule has 0 fully saturated rings. The van der Waals surface area contributed by atoms with Gasteiger partial charge in [-0.3, -0.25) is 4.79 Å². The van der Waals surface area contributed by atoms with E-state index < -0.39 is 12.2 Å². The number of nitrogens with zero attached hydrogens (tertiary/aromatic N) is 4. The fraction of sp³-hybridized carbons (Fsp3) is 0.480. The van der Waals surface area contributed by atoms with Crippen molar-refractivity contribution < 1.29 is 20.1 Å². The molecule has 8 heteroatoms. The van der Waals surface area contributed by atoms with E-state index in [1.54, 1.807) is 13.8 Å². The first-order valence-corrected chi connectivity index (χ1v) is 11.3. The number of aryl methyl sites for hydroxylation is 1. The normalized spacial score (nSPS) is 13.8. The number of carbonyl (C=O) groups is 1. The number of benzene rings is 2. The van der Waals surface area contributed by atoms with Gasteiger partial charge in [0.2, 0.25) is 5.91 Å². The molecule has 178 valence electrons. The molecular formula is C25H34N4O4. The first kappa shape index (κ1) is 24.7. The molecule has 0 radical (unpaired) electrons. The van der Waals surface area contributed by atoms with Crippen molar-refractivity contribution in [2.75, 3.05) is 13.1 Å². The van der Waals surface area contributed by atoms with E-state index in [1.165, 1.54) is 9.70 Å². The zero-order valence-electron chi connectivity index (χ0n) is 20.0. The highest BCUT2D eigenvalue weighted by Crippen LogP contribution is 2.36. The van der Waals surface area contributed by atoms with Crippen LogP contribution < -0.4 is 0 Å². The quantitative estimate of drug-likeness (QED) is 0.483. The highest BCUT2D eigenvalue weighted by atomic mass is 16.3. The van der Waals surface area contributed by atoms with Crippen molar-refractivity contribution in [1.82, 2.24) is 19.9 Å². The molecule has 0 bridgehead atoms. The average molecular weight is 455 g/mol. The molecule has 2 aromatic carbocycles. The van der Waals surface area contributed by atoms with Crippen LogP contribution in [0.2, 0.25) is 0 Å². The SMILES string of the molecule is CC(O)CN(CC(C)O)C(=O)CCc1cc(-n2nc3ccccc3n2)c(O)c(C(C)(C)C)c1. The summed E-state index contributed by atoms with van der Waals surface area (Å²) in [6, 6.07) is 11.2. The molecule has 33 heavy (non-hydrogen) atoms. The summed E-state index contributed by atoms with van der Waals surface area (Å²) in [5.41, 5.74) is 3.19. The van der Waals surface area contributed by atoms with Gasteiger partial charge in [-0.15, -0.1) is 15.0 Å². The van der Waals surface area contributed by atoms with Gasteiger partial charge in [0.15, 0.2) is 0 Å². The molecule has 0 aliphatic carbocycles. The molecule has 3 aromatic rings. The fourth-order valence-electron chi connectivity index (χ4n) is 3.84. The third-order valence-corrected chi connectivity index (χ3v) is 5.41. The molecule has 0 spiro atoms. The topological polar surface area (TPSA) is 112 Å². The zero-order valence-corrected chi connectivity index (χ0v) is 20.0. The molecule has 3 rings (SSSR count). The van der Waals surface area contributed by atoms with Crippen molar-refractivity contribution in [3.8, 4) is 11.4 Å².